The lowest BCUT2D eigenvalue weighted by molar-refractivity contribution is 0.0232. The number of hydrogen-bond donors (Lipinski definition) is 2. The molecule has 30 heavy (non-hydrogen) atoms. The summed E-state index contributed by atoms with van der Waals surface area (Å²) in [6.07, 6.45) is 4.74. The summed E-state index contributed by atoms with van der Waals surface area (Å²) in [6, 6.07) is 7.94. The molecule has 2 rings (SSSR count). The van der Waals surface area contributed by atoms with Crippen molar-refractivity contribution in [1.29, 1.82) is 0 Å². The van der Waals surface area contributed by atoms with E-state index in [-0.39, 0.29) is 30.1 Å². The van der Waals surface area contributed by atoms with E-state index in [1.54, 1.807) is 28.6 Å². The molecule has 7 nitrogen and oxygen atoms in total. The van der Waals surface area contributed by atoms with E-state index in [9.17, 15) is 4.79 Å². The highest BCUT2D eigenvalue weighted by atomic mass is 127. The maximum atomic E-state index is 12.6. The Bertz CT molecular complexity index is 763. The number of carbonyl (C=O) groups excluding carboxylic acids is 1. The molecule has 0 bridgehead atoms. The van der Waals surface area contributed by atoms with E-state index in [0.29, 0.717) is 32.0 Å². The number of guanidine groups is 1. The van der Waals surface area contributed by atoms with Crippen LogP contribution in [0.3, 0.4) is 0 Å². The van der Waals surface area contributed by atoms with Gasteiger partial charge in [-0.05, 0) is 56.7 Å². The maximum Gasteiger partial charge on any atom is 0.410 e. The van der Waals surface area contributed by atoms with Crippen LogP contribution in [0.15, 0.2) is 47.0 Å². The maximum absolute atomic E-state index is 12.6. The molecular weight excluding hydrogens is 513 g/mol. The van der Waals surface area contributed by atoms with Gasteiger partial charge in [0.15, 0.2) is 5.96 Å². The Morgan fingerprint density at radius 2 is 2.13 bits per heavy atom. The molecule has 2 aromatic rings. The van der Waals surface area contributed by atoms with E-state index in [4.69, 9.17) is 10.5 Å². The highest BCUT2D eigenvalue weighted by molar-refractivity contribution is 14.0. The van der Waals surface area contributed by atoms with Crippen LogP contribution < -0.4 is 11.1 Å². The van der Waals surface area contributed by atoms with Gasteiger partial charge in [0.25, 0.3) is 0 Å². The molecular formula is C21H32IN5O2S. The van der Waals surface area contributed by atoms with Gasteiger partial charge >= 0.3 is 6.09 Å². The number of amides is 1. The molecule has 0 fully saturated rings. The highest BCUT2D eigenvalue weighted by Gasteiger charge is 2.22. The lowest BCUT2D eigenvalue weighted by atomic mass is 10.2. The fourth-order valence-corrected chi connectivity index (χ4v) is 3.27. The molecule has 1 amide bonds. The van der Waals surface area contributed by atoms with E-state index in [1.165, 1.54) is 4.88 Å². The fourth-order valence-electron chi connectivity index (χ4n) is 2.56. The molecule has 166 valence electrons. The number of aliphatic imine (C=N–C) groups is 1. The summed E-state index contributed by atoms with van der Waals surface area (Å²) in [4.78, 5) is 24.0. The first-order valence-corrected chi connectivity index (χ1v) is 10.6. The Morgan fingerprint density at radius 3 is 2.77 bits per heavy atom. The van der Waals surface area contributed by atoms with Crippen LogP contribution in [0.1, 0.15) is 37.6 Å². The molecule has 0 aromatic carbocycles. The number of rotatable bonds is 9. The normalized spacial score (nSPS) is 11.5. The van der Waals surface area contributed by atoms with Crippen molar-refractivity contribution in [3.63, 3.8) is 0 Å². The molecule has 0 aliphatic heterocycles. The lowest BCUT2D eigenvalue weighted by Gasteiger charge is -2.27. The molecule has 0 saturated carbocycles. The summed E-state index contributed by atoms with van der Waals surface area (Å²) in [5, 5.41) is 5.19. The van der Waals surface area contributed by atoms with Crippen molar-refractivity contribution >= 4 is 47.4 Å². The number of nitrogens with zero attached hydrogens (tertiary/aromatic N) is 3. The van der Waals surface area contributed by atoms with Crippen molar-refractivity contribution in [2.75, 3.05) is 19.6 Å². The van der Waals surface area contributed by atoms with Gasteiger partial charge in [0, 0.05) is 36.9 Å². The largest absolute Gasteiger partial charge is 0.444 e. The molecule has 0 aliphatic rings. The Morgan fingerprint density at radius 1 is 1.33 bits per heavy atom. The number of halogens is 1. The van der Waals surface area contributed by atoms with Crippen LogP contribution in [0, 0.1) is 0 Å². The molecule has 2 heterocycles. The topological polar surface area (TPSA) is 92.8 Å². The number of nitrogens with one attached hydrogen (secondary N) is 1. The van der Waals surface area contributed by atoms with Gasteiger partial charge in [0.2, 0.25) is 0 Å². The van der Waals surface area contributed by atoms with Gasteiger partial charge in [-0.3, -0.25) is 9.98 Å². The molecule has 0 aliphatic carbocycles. The zero-order valence-corrected chi connectivity index (χ0v) is 21.0. The molecule has 0 unspecified atom stereocenters. The zero-order valence-electron chi connectivity index (χ0n) is 17.8. The summed E-state index contributed by atoms with van der Waals surface area (Å²) in [5.41, 5.74) is 6.34. The average Bonchev–Trinajstić information content (AvgIpc) is 3.17. The summed E-state index contributed by atoms with van der Waals surface area (Å²) >= 11 is 1.73. The second kappa shape index (κ2) is 13.4. The predicted molar refractivity (Wildman–Crippen MR) is 133 cm³/mol. The number of thiophene rings is 1. The van der Waals surface area contributed by atoms with E-state index < -0.39 is 5.60 Å². The summed E-state index contributed by atoms with van der Waals surface area (Å²) in [7, 11) is 0. The third-order valence-corrected chi connectivity index (χ3v) is 4.81. The smallest absolute Gasteiger partial charge is 0.410 e. The van der Waals surface area contributed by atoms with Crippen molar-refractivity contribution < 1.29 is 9.53 Å². The Hall–Kier alpha value is -1.88. The number of carbonyl (C=O) groups is 1. The SMILES string of the molecule is CC(C)(C)OC(=O)N(CCCN=C(N)NCCc1cccs1)Cc1cccnc1.I. The van der Waals surface area contributed by atoms with Gasteiger partial charge in [-0.25, -0.2) is 4.79 Å². The van der Waals surface area contributed by atoms with Crippen LogP contribution in [0.4, 0.5) is 4.79 Å². The minimum absolute atomic E-state index is 0. The third-order valence-electron chi connectivity index (χ3n) is 3.87. The van der Waals surface area contributed by atoms with Gasteiger partial charge in [-0.15, -0.1) is 35.3 Å². The average molecular weight is 545 g/mol. The number of ether oxygens (including phenoxy) is 1. The molecule has 0 saturated heterocycles. The van der Waals surface area contributed by atoms with Gasteiger partial charge in [0.05, 0.1) is 6.54 Å². The van der Waals surface area contributed by atoms with Gasteiger partial charge in [0.1, 0.15) is 5.60 Å². The zero-order chi connectivity index (χ0) is 21.1. The van der Waals surface area contributed by atoms with Crippen LogP contribution >= 0.6 is 35.3 Å². The monoisotopic (exact) mass is 545 g/mol. The third kappa shape index (κ3) is 10.8. The van der Waals surface area contributed by atoms with Crippen molar-refractivity contribution in [3.8, 4) is 0 Å². The second-order valence-corrected chi connectivity index (χ2v) is 8.67. The van der Waals surface area contributed by atoms with Crippen LogP contribution in [0.25, 0.3) is 0 Å². The van der Waals surface area contributed by atoms with Crippen molar-refractivity contribution in [2.24, 2.45) is 10.7 Å². The molecule has 9 heteroatoms. The van der Waals surface area contributed by atoms with E-state index in [1.807, 2.05) is 39.0 Å². The van der Waals surface area contributed by atoms with E-state index in [0.717, 1.165) is 18.5 Å². The van der Waals surface area contributed by atoms with Crippen molar-refractivity contribution in [3.05, 3.63) is 52.5 Å². The molecule has 0 radical (unpaired) electrons. The Labute approximate surface area is 200 Å². The summed E-state index contributed by atoms with van der Waals surface area (Å²) < 4.78 is 5.53. The first kappa shape index (κ1) is 26.2. The van der Waals surface area contributed by atoms with Crippen LogP contribution in [-0.4, -0.2) is 47.2 Å². The van der Waals surface area contributed by atoms with Crippen LogP contribution in [0.5, 0.6) is 0 Å². The standard InChI is InChI=1S/C21H31N5O2S.HI/c1-21(2,3)28-20(27)26(16-17-7-4-10-23-15-17)13-6-11-24-19(22)25-12-9-18-8-5-14-29-18;/h4-5,7-8,10,14-15H,6,9,11-13,16H2,1-3H3,(H3,22,24,25);1H. The van der Waals surface area contributed by atoms with Gasteiger partial charge < -0.3 is 20.7 Å². The lowest BCUT2D eigenvalue weighted by Crippen LogP contribution is -2.37. The van der Waals surface area contributed by atoms with Crippen molar-refractivity contribution in [1.82, 2.24) is 15.2 Å². The second-order valence-electron chi connectivity index (χ2n) is 7.64. The van der Waals surface area contributed by atoms with Gasteiger partial charge in [-0.2, -0.15) is 0 Å². The fraction of sp³-hybridized carbons (Fsp3) is 0.476. The number of nitrogens with two attached hydrogens (primary N) is 1. The molecule has 3 N–H and O–H groups in total. The highest BCUT2D eigenvalue weighted by Crippen LogP contribution is 2.13. The summed E-state index contributed by atoms with van der Waals surface area (Å²) in [6.45, 7) is 7.84. The van der Waals surface area contributed by atoms with E-state index in [2.05, 4.69) is 26.7 Å². The van der Waals surface area contributed by atoms with E-state index >= 15 is 0 Å². The molecule has 0 spiro atoms. The first-order valence-electron chi connectivity index (χ1n) is 9.76. The minimum atomic E-state index is -0.542. The minimum Gasteiger partial charge on any atom is -0.444 e. The number of pyridine rings is 1. The Balaban J connectivity index is 0.00000450. The van der Waals surface area contributed by atoms with Gasteiger partial charge in [-0.1, -0.05) is 12.1 Å². The first-order chi connectivity index (χ1) is 13.8. The number of hydrogen-bond acceptors (Lipinski definition) is 5. The van der Waals surface area contributed by atoms with Crippen molar-refractivity contribution in [2.45, 2.75) is 45.8 Å². The van der Waals surface area contributed by atoms with Crippen LogP contribution in [-0.2, 0) is 17.7 Å². The van der Waals surface area contributed by atoms with Crippen LogP contribution in [0.2, 0.25) is 0 Å². The molecule has 0 atom stereocenters. The number of aromatic nitrogens is 1. The summed E-state index contributed by atoms with van der Waals surface area (Å²) in [5.74, 6) is 0.428. The predicted octanol–water partition coefficient (Wildman–Crippen LogP) is 4.04. The Kier molecular flexibility index (Phi) is 11.7. The molecule has 2 aromatic heterocycles. The quantitative estimate of drug-likeness (QED) is 0.215.